The molecule has 1 rings (SSSR count). The molecule has 15 heavy (non-hydrogen) atoms. The van der Waals surface area contributed by atoms with E-state index in [1.807, 2.05) is 6.07 Å². The molecule has 0 aliphatic rings. The van der Waals surface area contributed by atoms with Gasteiger partial charge in [-0.05, 0) is 12.1 Å². The van der Waals surface area contributed by atoms with Crippen LogP contribution in [0.5, 0.6) is 5.75 Å². The molecule has 0 bridgehead atoms. The number of hydrogen-bond acceptors (Lipinski definition) is 4. The SMILES string of the molecule is COC(=O)CC(=O)COc1ccccc1. The molecule has 0 spiro atoms. The lowest BCUT2D eigenvalue weighted by Gasteiger charge is -2.04. The largest absolute Gasteiger partial charge is 0.486 e. The number of carbonyl (C=O) groups excluding carboxylic acids is 2. The number of methoxy groups -OCH3 is 1. The minimum atomic E-state index is -0.545. The Morgan fingerprint density at radius 1 is 1.20 bits per heavy atom. The van der Waals surface area contributed by atoms with Gasteiger partial charge in [-0.1, -0.05) is 18.2 Å². The summed E-state index contributed by atoms with van der Waals surface area (Å²) in [6, 6.07) is 8.94. The van der Waals surface area contributed by atoms with Gasteiger partial charge in [-0.15, -0.1) is 0 Å². The molecule has 0 saturated heterocycles. The van der Waals surface area contributed by atoms with Crippen LogP contribution >= 0.6 is 0 Å². The van der Waals surface area contributed by atoms with Crippen LogP contribution in [-0.4, -0.2) is 25.5 Å². The molecule has 0 aliphatic carbocycles. The van der Waals surface area contributed by atoms with Gasteiger partial charge in [0.25, 0.3) is 0 Å². The fourth-order valence-corrected chi connectivity index (χ4v) is 0.965. The van der Waals surface area contributed by atoms with Crippen LogP contribution in [0.1, 0.15) is 6.42 Å². The van der Waals surface area contributed by atoms with E-state index in [2.05, 4.69) is 4.74 Å². The van der Waals surface area contributed by atoms with Crippen LogP contribution in [0.15, 0.2) is 30.3 Å². The third-order valence-corrected chi connectivity index (χ3v) is 1.71. The van der Waals surface area contributed by atoms with Gasteiger partial charge >= 0.3 is 5.97 Å². The maximum Gasteiger partial charge on any atom is 0.313 e. The summed E-state index contributed by atoms with van der Waals surface area (Å²) in [6.45, 7) is -0.112. The Morgan fingerprint density at radius 2 is 1.87 bits per heavy atom. The van der Waals surface area contributed by atoms with Gasteiger partial charge in [0, 0.05) is 0 Å². The quantitative estimate of drug-likeness (QED) is 0.539. The van der Waals surface area contributed by atoms with Gasteiger partial charge in [-0.25, -0.2) is 0 Å². The molecule has 0 atom stereocenters. The molecular weight excluding hydrogens is 196 g/mol. The Labute approximate surface area is 87.8 Å². The summed E-state index contributed by atoms with van der Waals surface area (Å²) in [5.41, 5.74) is 0. The highest BCUT2D eigenvalue weighted by molar-refractivity contribution is 5.96. The van der Waals surface area contributed by atoms with Crippen molar-refractivity contribution < 1.29 is 19.1 Å². The predicted octanol–water partition coefficient (Wildman–Crippen LogP) is 1.20. The Bertz CT molecular complexity index is 332. The summed E-state index contributed by atoms with van der Waals surface area (Å²) in [5, 5.41) is 0. The summed E-state index contributed by atoms with van der Waals surface area (Å²) in [5.74, 6) is -0.238. The van der Waals surface area contributed by atoms with Crippen LogP contribution in [0, 0.1) is 0 Å². The second kappa shape index (κ2) is 5.80. The normalized spacial score (nSPS) is 9.40. The van der Waals surface area contributed by atoms with Crippen molar-refractivity contribution in [2.45, 2.75) is 6.42 Å². The van der Waals surface area contributed by atoms with E-state index in [0.29, 0.717) is 5.75 Å². The molecule has 1 aromatic rings. The number of hydrogen-bond donors (Lipinski definition) is 0. The van der Waals surface area contributed by atoms with Gasteiger partial charge in [0.05, 0.1) is 7.11 Å². The molecular formula is C11H12O4. The second-order valence-corrected chi connectivity index (χ2v) is 2.89. The molecule has 4 heteroatoms. The van der Waals surface area contributed by atoms with Crippen LogP contribution in [0.4, 0.5) is 0 Å². The third kappa shape index (κ3) is 4.26. The molecule has 0 radical (unpaired) electrons. The number of para-hydroxylation sites is 1. The molecule has 80 valence electrons. The first-order valence-electron chi connectivity index (χ1n) is 4.48. The zero-order valence-electron chi connectivity index (χ0n) is 8.43. The average Bonchev–Trinajstić information content (AvgIpc) is 2.27. The summed E-state index contributed by atoms with van der Waals surface area (Å²) < 4.78 is 9.51. The van der Waals surface area contributed by atoms with Crippen LogP contribution in [0.3, 0.4) is 0 Å². The van der Waals surface area contributed by atoms with Gasteiger partial charge in [-0.2, -0.15) is 0 Å². The third-order valence-electron chi connectivity index (χ3n) is 1.71. The van der Waals surface area contributed by atoms with Crippen molar-refractivity contribution in [2.24, 2.45) is 0 Å². The van der Waals surface area contributed by atoms with Gasteiger partial charge in [0.15, 0.2) is 5.78 Å². The fraction of sp³-hybridized carbons (Fsp3) is 0.273. The standard InChI is InChI=1S/C11H12O4/c1-14-11(13)7-9(12)8-15-10-5-3-2-4-6-10/h2-6H,7-8H2,1H3. The molecule has 0 unspecified atom stereocenters. The highest BCUT2D eigenvalue weighted by Crippen LogP contribution is 2.08. The minimum absolute atomic E-state index is 0.112. The van der Waals surface area contributed by atoms with E-state index in [0.717, 1.165) is 0 Å². The van der Waals surface area contributed by atoms with Gasteiger partial charge in [0.2, 0.25) is 0 Å². The number of Topliss-reactive ketones (excluding diaryl/α,β-unsaturated/α-hetero) is 1. The molecule has 0 fully saturated rings. The number of carbonyl (C=O) groups is 2. The Balaban J connectivity index is 2.32. The first-order chi connectivity index (χ1) is 7.22. The van der Waals surface area contributed by atoms with E-state index >= 15 is 0 Å². The van der Waals surface area contributed by atoms with E-state index in [-0.39, 0.29) is 18.8 Å². The summed E-state index contributed by atoms with van der Waals surface area (Å²) >= 11 is 0. The van der Waals surface area contributed by atoms with Crippen molar-refractivity contribution in [2.75, 3.05) is 13.7 Å². The number of esters is 1. The smallest absolute Gasteiger partial charge is 0.313 e. The minimum Gasteiger partial charge on any atom is -0.486 e. The van der Waals surface area contributed by atoms with Crippen molar-refractivity contribution in [3.63, 3.8) is 0 Å². The summed E-state index contributed by atoms with van der Waals surface area (Å²) in [7, 11) is 1.24. The topological polar surface area (TPSA) is 52.6 Å². The van der Waals surface area contributed by atoms with E-state index in [9.17, 15) is 9.59 Å². The number of ether oxygens (including phenoxy) is 2. The van der Waals surface area contributed by atoms with E-state index < -0.39 is 5.97 Å². The van der Waals surface area contributed by atoms with E-state index in [1.54, 1.807) is 24.3 Å². The highest BCUT2D eigenvalue weighted by Gasteiger charge is 2.09. The highest BCUT2D eigenvalue weighted by atomic mass is 16.5. The van der Waals surface area contributed by atoms with Crippen molar-refractivity contribution >= 4 is 11.8 Å². The van der Waals surface area contributed by atoms with Crippen LogP contribution < -0.4 is 4.74 Å². The van der Waals surface area contributed by atoms with Gasteiger partial charge in [-0.3, -0.25) is 9.59 Å². The zero-order valence-corrected chi connectivity index (χ0v) is 8.43. The fourth-order valence-electron chi connectivity index (χ4n) is 0.965. The number of benzene rings is 1. The Hall–Kier alpha value is -1.84. The molecule has 0 N–H and O–H groups in total. The molecule has 0 heterocycles. The first kappa shape index (κ1) is 11.2. The molecule has 0 amide bonds. The van der Waals surface area contributed by atoms with Gasteiger partial charge < -0.3 is 9.47 Å². The number of rotatable bonds is 5. The summed E-state index contributed by atoms with van der Waals surface area (Å²) in [6.07, 6.45) is -0.247. The van der Waals surface area contributed by atoms with Crippen LogP contribution in [-0.2, 0) is 14.3 Å². The molecule has 0 aliphatic heterocycles. The Kier molecular flexibility index (Phi) is 4.34. The Morgan fingerprint density at radius 3 is 2.47 bits per heavy atom. The zero-order chi connectivity index (χ0) is 11.1. The summed E-state index contributed by atoms with van der Waals surface area (Å²) in [4.78, 5) is 21.9. The molecule has 0 aromatic heterocycles. The average molecular weight is 208 g/mol. The first-order valence-corrected chi connectivity index (χ1v) is 4.48. The van der Waals surface area contributed by atoms with E-state index in [1.165, 1.54) is 7.11 Å². The lowest BCUT2D eigenvalue weighted by Crippen LogP contribution is -2.16. The van der Waals surface area contributed by atoms with Crippen LogP contribution in [0.25, 0.3) is 0 Å². The van der Waals surface area contributed by atoms with Crippen molar-refractivity contribution in [3.8, 4) is 5.75 Å². The van der Waals surface area contributed by atoms with Crippen molar-refractivity contribution in [1.82, 2.24) is 0 Å². The predicted molar refractivity (Wildman–Crippen MR) is 53.6 cm³/mol. The lowest BCUT2D eigenvalue weighted by molar-refractivity contribution is -0.143. The maximum atomic E-state index is 11.2. The molecule has 4 nitrogen and oxygen atoms in total. The number of ketones is 1. The maximum absolute atomic E-state index is 11.2. The monoisotopic (exact) mass is 208 g/mol. The van der Waals surface area contributed by atoms with E-state index in [4.69, 9.17) is 4.74 Å². The van der Waals surface area contributed by atoms with Crippen molar-refractivity contribution in [3.05, 3.63) is 30.3 Å². The van der Waals surface area contributed by atoms with Crippen molar-refractivity contribution in [1.29, 1.82) is 0 Å². The molecule has 1 aromatic carbocycles. The van der Waals surface area contributed by atoms with Crippen LogP contribution in [0.2, 0.25) is 0 Å². The second-order valence-electron chi connectivity index (χ2n) is 2.89. The molecule has 0 saturated carbocycles. The lowest BCUT2D eigenvalue weighted by atomic mass is 10.3. The van der Waals surface area contributed by atoms with Gasteiger partial charge in [0.1, 0.15) is 18.8 Å².